The van der Waals surface area contributed by atoms with Crippen molar-refractivity contribution in [1.29, 1.82) is 0 Å². The van der Waals surface area contributed by atoms with Gasteiger partial charge in [0, 0.05) is 5.02 Å². The van der Waals surface area contributed by atoms with Gasteiger partial charge in [-0.1, -0.05) is 23.7 Å². The van der Waals surface area contributed by atoms with Gasteiger partial charge in [0.2, 0.25) is 0 Å². The van der Waals surface area contributed by atoms with Gasteiger partial charge in [0.05, 0.1) is 35.4 Å². The van der Waals surface area contributed by atoms with E-state index >= 15 is 0 Å². The van der Waals surface area contributed by atoms with Gasteiger partial charge in [0.1, 0.15) is 5.75 Å². The van der Waals surface area contributed by atoms with Crippen LogP contribution in [0, 0.1) is 0 Å². The summed E-state index contributed by atoms with van der Waals surface area (Å²) >= 11 is 9.27. The van der Waals surface area contributed by atoms with Crippen LogP contribution in [-0.4, -0.2) is 16.7 Å². The molecule has 0 fully saturated rings. The zero-order valence-corrected chi connectivity index (χ0v) is 14.1. The van der Waals surface area contributed by atoms with E-state index in [0.29, 0.717) is 28.2 Å². The SMILES string of the molecule is COc1cc2c(=O)n(Cc3ccc(Cl)cc3)cnc2cc1Br. The second-order valence-electron chi connectivity index (χ2n) is 4.81. The van der Waals surface area contributed by atoms with Gasteiger partial charge in [-0.2, -0.15) is 0 Å². The van der Waals surface area contributed by atoms with E-state index in [1.165, 1.54) is 0 Å². The summed E-state index contributed by atoms with van der Waals surface area (Å²) in [6.07, 6.45) is 1.55. The van der Waals surface area contributed by atoms with Crippen LogP contribution in [0.15, 0.2) is 52.0 Å². The lowest BCUT2D eigenvalue weighted by atomic mass is 10.2. The van der Waals surface area contributed by atoms with E-state index in [1.54, 1.807) is 42.3 Å². The molecule has 0 radical (unpaired) electrons. The van der Waals surface area contributed by atoms with Gasteiger partial charge in [0.25, 0.3) is 5.56 Å². The molecule has 3 aromatic rings. The number of aromatic nitrogens is 2. The molecular formula is C16H12BrClN2O2. The lowest BCUT2D eigenvalue weighted by Crippen LogP contribution is -2.21. The highest BCUT2D eigenvalue weighted by atomic mass is 79.9. The maximum absolute atomic E-state index is 12.6. The maximum Gasteiger partial charge on any atom is 0.261 e. The van der Waals surface area contributed by atoms with Crippen LogP contribution >= 0.6 is 27.5 Å². The number of halogens is 2. The number of rotatable bonds is 3. The summed E-state index contributed by atoms with van der Waals surface area (Å²) in [6.45, 7) is 0.442. The van der Waals surface area contributed by atoms with Crippen molar-refractivity contribution in [2.24, 2.45) is 0 Å². The van der Waals surface area contributed by atoms with Gasteiger partial charge in [0.15, 0.2) is 0 Å². The molecular weight excluding hydrogens is 368 g/mol. The quantitative estimate of drug-likeness (QED) is 0.694. The second kappa shape index (κ2) is 6.10. The highest BCUT2D eigenvalue weighted by Crippen LogP contribution is 2.27. The number of methoxy groups -OCH3 is 1. The topological polar surface area (TPSA) is 44.1 Å². The van der Waals surface area contributed by atoms with Gasteiger partial charge < -0.3 is 4.74 Å². The third kappa shape index (κ3) is 2.87. The van der Waals surface area contributed by atoms with Crippen LogP contribution in [0.25, 0.3) is 10.9 Å². The van der Waals surface area contributed by atoms with E-state index in [4.69, 9.17) is 16.3 Å². The fraction of sp³-hybridized carbons (Fsp3) is 0.125. The zero-order chi connectivity index (χ0) is 15.7. The maximum atomic E-state index is 12.6. The Morgan fingerprint density at radius 2 is 2.00 bits per heavy atom. The normalized spacial score (nSPS) is 10.9. The molecule has 0 N–H and O–H groups in total. The molecule has 1 heterocycles. The van der Waals surface area contributed by atoms with E-state index in [9.17, 15) is 4.79 Å². The Morgan fingerprint density at radius 3 is 2.68 bits per heavy atom. The molecule has 0 saturated heterocycles. The first-order valence-corrected chi connectivity index (χ1v) is 7.72. The van der Waals surface area contributed by atoms with Crippen molar-refractivity contribution < 1.29 is 4.74 Å². The Hall–Kier alpha value is -1.85. The van der Waals surface area contributed by atoms with Gasteiger partial charge in [-0.05, 0) is 45.8 Å². The minimum atomic E-state index is -0.106. The van der Waals surface area contributed by atoms with Crippen LogP contribution in [0.3, 0.4) is 0 Å². The van der Waals surface area contributed by atoms with E-state index < -0.39 is 0 Å². The summed E-state index contributed by atoms with van der Waals surface area (Å²) in [6, 6.07) is 10.9. The van der Waals surface area contributed by atoms with Crippen molar-refractivity contribution in [1.82, 2.24) is 9.55 Å². The fourth-order valence-electron chi connectivity index (χ4n) is 2.22. The predicted octanol–water partition coefficient (Wildman–Crippen LogP) is 3.87. The zero-order valence-electron chi connectivity index (χ0n) is 11.7. The Balaban J connectivity index is 2.07. The first kappa shape index (κ1) is 15.1. The molecule has 0 aliphatic rings. The van der Waals surface area contributed by atoms with Crippen molar-refractivity contribution >= 4 is 38.4 Å². The van der Waals surface area contributed by atoms with Crippen LogP contribution in [0.4, 0.5) is 0 Å². The standard InChI is InChI=1S/C16H12BrClN2O2/c1-22-15-6-12-14(7-13(15)17)19-9-20(16(12)21)8-10-2-4-11(18)5-3-10/h2-7,9H,8H2,1H3. The van der Waals surface area contributed by atoms with Gasteiger partial charge in [-0.3, -0.25) is 9.36 Å². The van der Waals surface area contributed by atoms with Crippen LogP contribution < -0.4 is 10.3 Å². The van der Waals surface area contributed by atoms with E-state index in [0.717, 1.165) is 10.0 Å². The Bertz CT molecular complexity index is 891. The Kier molecular flexibility index (Phi) is 4.18. The Morgan fingerprint density at radius 1 is 1.27 bits per heavy atom. The molecule has 0 saturated carbocycles. The number of ether oxygens (including phenoxy) is 1. The predicted molar refractivity (Wildman–Crippen MR) is 90.8 cm³/mol. The van der Waals surface area contributed by atoms with Crippen LogP contribution in [0.1, 0.15) is 5.56 Å². The van der Waals surface area contributed by atoms with Crippen LogP contribution in [0.2, 0.25) is 5.02 Å². The summed E-state index contributed by atoms with van der Waals surface area (Å²) in [5, 5.41) is 1.19. The molecule has 1 aromatic heterocycles. The molecule has 0 atom stereocenters. The van der Waals surface area contributed by atoms with Crippen LogP contribution in [-0.2, 0) is 6.54 Å². The average Bonchev–Trinajstić information content (AvgIpc) is 2.52. The highest BCUT2D eigenvalue weighted by molar-refractivity contribution is 9.10. The summed E-state index contributed by atoms with van der Waals surface area (Å²) in [4.78, 5) is 16.9. The van der Waals surface area contributed by atoms with Crippen molar-refractivity contribution in [3.05, 3.63) is 68.1 Å². The minimum absolute atomic E-state index is 0.106. The molecule has 0 bridgehead atoms. The van der Waals surface area contributed by atoms with Gasteiger partial charge in [-0.15, -0.1) is 0 Å². The van der Waals surface area contributed by atoms with E-state index in [2.05, 4.69) is 20.9 Å². The van der Waals surface area contributed by atoms with Crippen molar-refractivity contribution in [3.63, 3.8) is 0 Å². The molecule has 6 heteroatoms. The van der Waals surface area contributed by atoms with E-state index in [-0.39, 0.29) is 5.56 Å². The number of hydrogen-bond acceptors (Lipinski definition) is 3. The highest BCUT2D eigenvalue weighted by Gasteiger charge is 2.09. The van der Waals surface area contributed by atoms with Crippen molar-refractivity contribution in [3.8, 4) is 5.75 Å². The number of hydrogen-bond donors (Lipinski definition) is 0. The second-order valence-corrected chi connectivity index (χ2v) is 6.10. The summed E-state index contributed by atoms with van der Waals surface area (Å²) in [5.41, 5.74) is 1.51. The summed E-state index contributed by atoms with van der Waals surface area (Å²) in [7, 11) is 1.56. The molecule has 0 aliphatic carbocycles. The third-order valence-electron chi connectivity index (χ3n) is 3.36. The lowest BCUT2D eigenvalue weighted by molar-refractivity contribution is 0.412. The smallest absolute Gasteiger partial charge is 0.261 e. The van der Waals surface area contributed by atoms with Crippen LogP contribution in [0.5, 0.6) is 5.75 Å². The monoisotopic (exact) mass is 378 g/mol. The van der Waals surface area contributed by atoms with Crippen molar-refractivity contribution in [2.75, 3.05) is 7.11 Å². The number of fused-ring (bicyclic) bond motifs is 1. The number of nitrogens with zero attached hydrogens (tertiary/aromatic N) is 2. The third-order valence-corrected chi connectivity index (χ3v) is 4.24. The van der Waals surface area contributed by atoms with Gasteiger partial charge in [-0.25, -0.2) is 4.98 Å². The molecule has 3 rings (SSSR count). The van der Waals surface area contributed by atoms with E-state index in [1.807, 2.05) is 12.1 Å². The molecule has 112 valence electrons. The molecule has 22 heavy (non-hydrogen) atoms. The van der Waals surface area contributed by atoms with Crippen molar-refractivity contribution in [2.45, 2.75) is 6.54 Å². The first-order chi connectivity index (χ1) is 10.6. The molecule has 0 amide bonds. The summed E-state index contributed by atoms with van der Waals surface area (Å²) in [5.74, 6) is 0.607. The fourth-order valence-corrected chi connectivity index (χ4v) is 2.83. The molecule has 0 aliphatic heterocycles. The first-order valence-electron chi connectivity index (χ1n) is 6.55. The molecule has 0 spiro atoms. The minimum Gasteiger partial charge on any atom is -0.496 e. The average molecular weight is 380 g/mol. The number of benzene rings is 2. The van der Waals surface area contributed by atoms with Gasteiger partial charge >= 0.3 is 0 Å². The lowest BCUT2D eigenvalue weighted by Gasteiger charge is -2.09. The summed E-state index contributed by atoms with van der Waals surface area (Å²) < 4.78 is 7.58. The molecule has 2 aromatic carbocycles. The Labute approximate surface area is 140 Å². The largest absolute Gasteiger partial charge is 0.496 e. The molecule has 4 nitrogen and oxygen atoms in total. The molecule has 0 unspecified atom stereocenters.